The molecule has 1 aromatic heterocycles. The summed E-state index contributed by atoms with van der Waals surface area (Å²) in [6.07, 6.45) is 0. The van der Waals surface area contributed by atoms with Crippen molar-refractivity contribution in [2.75, 3.05) is 5.32 Å². The number of phenolic OH excluding ortho intramolecular Hbond substituents is 1. The van der Waals surface area contributed by atoms with E-state index >= 15 is 0 Å². The summed E-state index contributed by atoms with van der Waals surface area (Å²) in [4.78, 5) is 11.8. The van der Waals surface area contributed by atoms with E-state index in [9.17, 15) is 13.9 Å². The molecule has 0 fully saturated rings. The Bertz CT molecular complexity index is 1020. The molecule has 3 aromatic rings. The van der Waals surface area contributed by atoms with Gasteiger partial charge < -0.3 is 15.0 Å². The van der Waals surface area contributed by atoms with Crippen LogP contribution in [0.4, 0.5) is 11.6 Å². The fourth-order valence-electron chi connectivity index (χ4n) is 2.24. The van der Waals surface area contributed by atoms with Crippen molar-refractivity contribution in [2.24, 2.45) is 0 Å². The van der Waals surface area contributed by atoms with Crippen molar-refractivity contribution >= 4 is 68.7 Å². The van der Waals surface area contributed by atoms with Gasteiger partial charge in [-0.15, -0.1) is 4.33 Å². The largest absolute Gasteiger partial charge is 0.507 e. The number of nitrogens with zero attached hydrogens (tertiary/aromatic N) is 3. The molecule has 4 N–H and O–H groups in total. The normalized spacial score (nSPS) is 12.3. The van der Waals surface area contributed by atoms with Gasteiger partial charge in [0.05, 0.1) is 22.6 Å². The molecular weight excluding hydrogens is 443 g/mol. The van der Waals surface area contributed by atoms with Crippen molar-refractivity contribution in [2.45, 2.75) is 9.79 Å². The first-order valence-corrected chi connectivity index (χ1v) is 9.38. The molecule has 14 heteroatoms. The summed E-state index contributed by atoms with van der Waals surface area (Å²) in [5.74, 6) is -0.272. The van der Waals surface area contributed by atoms with Crippen LogP contribution in [0.3, 0.4) is 0 Å². The molecule has 3 rings (SSSR count). The van der Waals surface area contributed by atoms with Crippen LogP contribution in [0.5, 0.6) is 5.75 Å². The minimum atomic E-state index is -2.31. The number of rotatable bonds is 6. The molecule has 10 nitrogen and oxygen atoms in total. The summed E-state index contributed by atoms with van der Waals surface area (Å²) in [5, 5.41) is 25.5. The smallest absolute Gasteiger partial charge is 0.232 e. The quantitative estimate of drug-likeness (QED) is 0.188. The Labute approximate surface area is 167 Å². The zero-order valence-corrected chi connectivity index (χ0v) is 15.9. The molecule has 0 radical (unpaired) electrons. The number of aromatic nitrogens is 3. The van der Waals surface area contributed by atoms with Crippen LogP contribution < -0.4 is 5.32 Å². The van der Waals surface area contributed by atoms with E-state index in [1.165, 1.54) is 18.2 Å². The Kier molecular flexibility index (Phi) is 6.29. The molecule has 0 bridgehead atoms. The molecular formula is C13H8Cl2N4O6S2. The maximum Gasteiger partial charge on any atom is 0.232 e. The fourth-order valence-corrected chi connectivity index (χ4v) is 3.50. The van der Waals surface area contributed by atoms with E-state index in [1.807, 2.05) is 0 Å². The second kappa shape index (κ2) is 8.50. The third-order valence-electron chi connectivity index (χ3n) is 3.16. The second-order valence-corrected chi connectivity index (χ2v) is 7.23. The first kappa shape index (κ1) is 20.0. The van der Waals surface area contributed by atoms with Gasteiger partial charge in [-0.1, -0.05) is 5.04 Å². The van der Waals surface area contributed by atoms with Gasteiger partial charge in [0.15, 0.2) is 11.1 Å². The third-order valence-corrected chi connectivity index (χ3v) is 4.70. The van der Waals surface area contributed by atoms with E-state index in [2.05, 4.69) is 29.6 Å². The van der Waals surface area contributed by atoms with Crippen LogP contribution in [-0.2, 0) is 20.5 Å². The number of nitrogens with one attached hydrogen (secondary N) is 1. The van der Waals surface area contributed by atoms with E-state index < -0.39 is 11.1 Å². The van der Waals surface area contributed by atoms with Crippen molar-refractivity contribution in [1.29, 1.82) is 0 Å². The molecule has 27 heavy (non-hydrogen) atoms. The van der Waals surface area contributed by atoms with Crippen molar-refractivity contribution in [3.05, 3.63) is 34.8 Å². The van der Waals surface area contributed by atoms with Gasteiger partial charge in [-0.3, -0.25) is 0 Å². The molecule has 0 aliphatic carbocycles. The number of phenols is 1. The maximum atomic E-state index is 11.3. The van der Waals surface area contributed by atoms with Gasteiger partial charge in [-0.05, 0) is 52.9 Å². The van der Waals surface area contributed by atoms with Crippen molar-refractivity contribution in [3.63, 3.8) is 0 Å². The molecule has 142 valence electrons. The molecule has 1 atom stereocenters. The van der Waals surface area contributed by atoms with Crippen molar-refractivity contribution in [1.82, 2.24) is 15.0 Å². The van der Waals surface area contributed by atoms with E-state index in [-0.39, 0.29) is 27.2 Å². The second-order valence-electron chi connectivity index (χ2n) is 4.81. The zero-order chi connectivity index (χ0) is 19.6. The standard InChI is InChI=1S/C13H8Cl2N4O6S2/c14-11-17-12(15)19-13(18-11)16-8-3-6(26-25-24-21)1-5-2-7(27(22)23)4-9(20)10(5)8/h1-4,20-21H,(H,22,23)(H,16,17,18,19). The first-order valence-electron chi connectivity index (χ1n) is 6.78. The number of fused-ring (bicyclic) bond motifs is 1. The molecule has 0 saturated carbocycles. The molecule has 0 spiro atoms. The number of benzene rings is 2. The lowest BCUT2D eigenvalue weighted by molar-refractivity contribution is -0.432. The zero-order valence-electron chi connectivity index (χ0n) is 12.8. The summed E-state index contributed by atoms with van der Waals surface area (Å²) in [7, 11) is 0. The topological polar surface area (TPSA) is 147 Å². The van der Waals surface area contributed by atoms with E-state index in [4.69, 9.17) is 28.5 Å². The molecule has 2 aromatic carbocycles. The number of hydrogen-bond donors (Lipinski definition) is 4. The van der Waals surface area contributed by atoms with Gasteiger partial charge in [-0.25, -0.2) is 9.47 Å². The highest BCUT2D eigenvalue weighted by atomic mass is 35.5. The van der Waals surface area contributed by atoms with E-state index in [1.54, 1.807) is 0 Å². The maximum absolute atomic E-state index is 11.3. The van der Waals surface area contributed by atoms with Crippen LogP contribution in [-0.4, -0.2) is 34.1 Å². The monoisotopic (exact) mass is 450 g/mol. The summed E-state index contributed by atoms with van der Waals surface area (Å²) in [5.41, 5.74) is 0.294. The highest BCUT2D eigenvalue weighted by Crippen LogP contribution is 2.38. The predicted octanol–water partition coefficient (Wildman–Crippen LogP) is 3.79. The summed E-state index contributed by atoms with van der Waals surface area (Å²) < 4.78 is 25.0. The number of anilines is 2. The average Bonchev–Trinajstić information content (AvgIpc) is 2.58. The first-order chi connectivity index (χ1) is 12.9. The van der Waals surface area contributed by atoms with E-state index in [0.717, 1.165) is 6.07 Å². The van der Waals surface area contributed by atoms with Crippen LogP contribution in [0.15, 0.2) is 34.1 Å². The van der Waals surface area contributed by atoms with Gasteiger partial charge in [0.2, 0.25) is 16.5 Å². The molecule has 0 amide bonds. The van der Waals surface area contributed by atoms with Crippen LogP contribution in [0.2, 0.25) is 10.6 Å². The Morgan fingerprint density at radius 3 is 2.44 bits per heavy atom. The van der Waals surface area contributed by atoms with Crippen LogP contribution in [0, 0.1) is 0 Å². The van der Waals surface area contributed by atoms with Gasteiger partial charge in [0, 0.05) is 10.3 Å². The van der Waals surface area contributed by atoms with Gasteiger partial charge >= 0.3 is 0 Å². The number of hydrogen-bond acceptors (Lipinski definition) is 10. The molecule has 1 heterocycles. The Morgan fingerprint density at radius 2 is 1.81 bits per heavy atom. The Hall–Kier alpha value is -1.77. The average molecular weight is 451 g/mol. The number of halogens is 2. The summed E-state index contributed by atoms with van der Waals surface area (Å²) in [6, 6.07) is 5.60. The minimum Gasteiger partial charge on any atom is -0.507 e. The van der Waals surface area contributed by atoms with Crippen molar-refractivity contribution < 1.29 is 28.5 Å². The predicted molar refractivity (Wildman–Crippen MR) is 98.4 cm³/mol. The molecule has 0 saturated heterocycles. The third kappa shape index (κ3) is 4.75. The van der Waals surface area contributed by atoms with E-state index in [0.29, 0.717) is 33.4 Å². The van der Waals surface area contributed by atoms with Crippen LogP contribution >= 0.6 is 35.2 Å². The van der Waals surface area contributed by atoms with Gasteiger partial charge in [0.1, 0.15) is 5.75 Å². The molecule has 0 aliphatic rings. The van der Waals surface area contributed by atoms with Crippen LogP contribution in [0.1, 0.15) is 0 Å². The van der Waals surface area contributed by atoms with Gasteiger partial charge in [0.25, 0.3) is 0 Å². The van der Waals surface area contributed by atoms with Crippen molar-refractivity contribution in [3.8, 4) is 5.75 Å². The lowest BCUT2D eigenvalue weighted by Crippen LogP contribution is -2.01. The Balaban J connectivity index is 2.17. The highest BCUT2D eigenvalue weighted by molar-refractivity contribution is 7.94. The summed E-state index contributed by atoms with van der Waals surface area (Å²) >= 11 is 9.85. The van der Waals surface area contributed by atoms with Crippen LogP contribution in [0.25, 0.3) is 10.8 Å². The Morgan fingerprint density at radius 1 is 1.11 bits per heavy atom. The summed E-state index contributed by atoms with van der Waals surface area (Å²) in [6.45, 7) is 0. The lowest BCUT2D eigenvalue weighted by Gasteiger charge is -2.13. The fraction of sp³-hybridized carbons (Fsp3) is 0. The van der Waals surface area contributed by atoms with Gasteiger partial charge in [-0.2, -0.15) is 15.0 Å². The minimum absolute atomic E-state index is 0.00279. The lowest BCUT2D eigenvalue weighted by atomic mass is 10.1. The highest BCUT2D eigenvalue weighted by Gasteiger charge is 2.15. The molecule has 0 aliphatic heterocycles. The molecule has 1 unspecified atom stereocenters. The SMILES string of the molecule is O=S(O)c1cc(O)c2c(Nc3nc(Cl)nc(Cl)n3)cc(SOOO)cc2c1. The number of aromatic hydroxyl groups is 1.